The molecule has 2 N–H and O–H groups in total. The Bertz CT molecular complexity index is 390. The van der Waals surface area contributed by atoms with E-state index < -0.39 is 16.4 Å². The Morgan fingerprint density at radius 1 is 1.64 bits per heavy atom. The standard InChI is InChI=1S/C9H9FN2O2/c1-6(5-11)7-3-2-4-8(9(7)10)12(13)14/h2-4H,1,5,11H2. The third kappa shape index (κ3) is 1.77. The second kappa shape index (κ2) is 3.97. The van der Waals surface area contributed by atoms with Crippen LogP contribution in [0.1, 0.15) is 5.56 Å². The SMILES string of the molecule is C=C(CN)c1cccc([N+](=O)[O-])c1F. The lowest BCUT2D eigenvalue weighted by atomic mass is 10.1. The van der Waals surface area contributed by atoms with Gasteiger partial charge in [0.05, 0.1) is 4.92 Å². The second-order valence-electron chi connectivity index (χ2n) is 2.70. The molecule has 0 saturated carbocycles. The lowest BCUT2D eigenvalue weighted by Crippen LogP contribution is -2.04. The first-order chi connectivity index (χ1) is 6.57. The van der Waals surface area contributed by atoms with Gasteiger partial charge < -0.3 is 5.73 Å². The van der Waals surface area contributed by atoms with Crippen molar-refractivity contribution in [2.75, 3.05) is 6.54 Å². The monoisotopic (exact) mass is 196 g/mol. The lowest BCUT2D eigenvalue weighted by Gasteiger charge is -2.03. The van der Waals surface area contributed by atoms with Crippen molar-refractivity contribution in [2.45, 2.75) is 0 Å². The highest BCUT2D eigenvalue weighted by Gasteiger charge is 2.17. The number of hydrogen-bond acceptors (Lipinski definition) is 3. The Hall–Kier alpha value is -1.75. The molecule has 0 aliphatic heterocycles. The third-order valence-electron chi connectivity index (χ3n) is 1.80. The van der Waals surface area contributed by atoms with E-state index in [1.165, 1.54) is 12.1 Å². The van der Waals surface area contributed by atoms with Crippen LogP contribution < -0.4 is 5.73 Å². The van der Waals surface area contributed by atoms with Crippen molar-refractivity contribution in [3.05, 3.63) is 46.3 Å². The Kier molecular flexibility index (Phi) is 2.93. The predicted octanol–water partition coefficient (Wildman–Crippen LogP) is 1.71. The summed E-state index contributed by atoms with van der Waals surface area (Å²) in [7, 11) is 0. The Balaban J connectivity index is 3.27. The van der Waals surface area contributed by atoms with E-state index in [-0.39, 0.29) is 12.1 Å². The largest absolute Gasteiger partial charge is 0.326 e. The van der Waals surface area contributed by atoms with Gasteiger partial charge in [-0.2, -0.15) is 4.39 Å². The number of hydrogen-bond donors (Lipinski definition) is 1. The smallest absolute Gasteiger partial charge is 0.305 e. The van der Waals surface area contributed by atoms with Crippen LogP contribution in [0.2, 0.25) is 0 Å². The normalized spacial score (nSPS) is 9.86. The van der Waals surface area contributed by atoms with Gasteiger partial charge in [-0.3, -0.25) is 10.1 Å². The number of nitrogens with two attached hydrogens (primary N) is 1. The van der Waals surface area contributed by atoms with Gasteiger partial charge in [0, 0.05) is 18.2 Å². The first kappa shape index (κ1) is 10.3. The Morgan fingerprint density at radius 2 is 2.29 bits per heavy atom. The van der Waals surface area contributed by atoms with E-state index in [1.807, 2.05) is 0 Å². The highest BCUT2D eigenvalue weighted by Crippen LogP contribution is 2.24. The van der Waals surface area contributed by atoms with Crippen LogP contribution in [0.3, 0.4) is 0 Å². The van der Waals surface area contributed by atoms with Crippen LogP contribution in [-0.2, 0) is 0 Å². The first-order valence-corrected chi connectivity index (χ1v) is 3.89. The van der Waals surface area contributed by atoms with E-state index in [0.717, 1.165) is 6.07 Å². The first-order valence-electron chi connectivity index (χ1n) is 3.89. The zero-order chi connectivity index (χ0) is 10.7. The number of halogens is 1. The van der Waals surface area contributed by atoms with Gasteiger partial charge in [0.15, 0.2) is 0 Å². The molecule has 1 rings (SSSR count). The summed E-state index contributed by atoms with van der Waals surface area (Å²) < 4.78 is 13.4. The van der Waals surface area contributed by atoms with E-state index in [9.17, 15) is 14.5 Å². The van der Waals surface area contributed by atoms with Crippen molar-refractivity contribution < 1.29 is 9.31 Å². The topological polar surface area (TPSA) is 69.2 Å². The maximum absolute atomic E-state index is 13.4. The van der Waals surface area contributed by atoms with Gasteiger partial charge in [0.1, 0.15) is 0 Å². The lowest BCUT2D eigenvalue weighted by molar-refractivity contribution is -0.387. The van der Waals surface area contributed by atoms with Crippen molar-refractivity contribution >= 4 is 11.3 Å². The summed E-state index contributed by atoms with van der Waals surface area (Å²) in [5.74, 6) is -0.882. The van der Waals surface area contributed by atoms with E-state index in [2.05, 4.69) is 6.58 Å². The summed E-state index contributed by atoms with van der Waals surface area (Å²) >= 11 is 0. The fourth-order valence-electron chi connectivity index (χ4n) is 1.04. The molecule has 0 spiro atoms. The van der Waals surface area contributed by atoms with Crippen LogP contribution in [-0.4, -0.2) is 11.5 Å². The average Bonchev–Trinajstić information content (AvgIpc) is 2.16. The van der Waals surface area contributed by atoms with Gasteiger partial charge in [-0.05, 0) is 5.57 Å². The van der Waals surface area contributed by atoms with Crippen LogP contribution in [0.15, 0.2) is 24.8 Å². The molecule has 0 aliphatic rings. The summed E-state index contributed by atoms with van der Waals surface area (Å²) in [5.41, 5.74) is 5.14. The fourth-order valence-corrected chi connectivity index (χ4v) is 1.04. The fraction of sp³-hybridized carbons (Fsp3) is 0.111. The van der Waals surface area contributed by atoms with Crippen LogP contribution in [0.5, 0.6) is 0 Å². The van der Waals surface area contributed by atoms with Crippen molar-refractivity contribution in [3.8, 4) is 0 Å². The number of nitro groups is 1. The average molecular weight is 196 g/mol. The Morgan fingerprint density at radius 3 is 2.79 bits per heavy atom. The van der Waals surface area contributed by atoms with Crippen LogP contribution in [0.4, 0.5) is 10.1 Å². The van der Waals surface area contributed by atoms with E-state index in [1.54, 1.807) is 0 Å². The minimum Gasteiger partial charge on any atom is -0.326 e. The van der Waals surface area contributed by atoms with E-state index in [0.29, 0.717) is 5.57 Å². The zero-order valence-corrected chi connectivity index (χ0v) is 7.37. The molecule has 0 heterocycles. The number of nitrogens with zero attached hydrogens (tertiary/aromatic N) is 1. The molecule has 0 saturated heterocycles. The van der Waals surface area contributed by atoms with Crippen molar-refractivity contribution in [3.63, 3.8) is 0 Å². The summed E-state index contributed by atoms with van der Waals surface area (Å²) in [6.45, 7) is 3.58. The van der Waals surface area contributed by atoms with Gasteiger partial charge >= 0.3 is 5.69 Å². The molecular weight excluding hydrogens is 187 g/mol. The van der Waals surface area contributed by atoms with Gasteiger partial charge in [0.2, 0.25) is 5.82 Å². The molecule has 1 aromatic rings. The van der Waals surface area contributed by atoms with Crippen LogP contribution in [0, 0.1) is 15.9 Å². The molecule has 0 fully saturated rings. The molecule has 0 unspecified atom stereocenters. The predicted molar refractivity (Wildman–Crippen MR) is 51.1 cm³/mol. The molecule has 0 radical (unpaired) electrons. The summed E-state index contributed by atoms with van der Waals surface area (Å²) in [5, 5.41) is 10.4. The highest BCUT2D eigenvalue weighted by molar-refractivity contribution is 5.67. The van der Waals surface area contributed by atoms with Gasteiger partial charge in [0.25, 0.3) is 0 Å². The summed E-state index contributed by atoms with van der Waals surface area (Å²) in [6, 6.07) is 3.91. The van der Waals surface area contributed by atoms with Crippen LogP contribution >= 0.6 is 0 Å². The van der Waals surface area contributed by atoms with Gasteiger partial charge in [-0.15, -0.1) is 0 Å². The molecular formula is C9H9FN2O2. The van der Waals surface area contributed by atoms with E-state index in [4.69, 9.17) is 5.73 Å². The quantitative estimate of drug-likeness (QED) is 0.591. The number of nitro benzene ring substituents is 1. The minimum atomic E-state index is -0.882. The third-order valence-corrected chi connectivity index (χ3v) is 1.80. The molecule has 5 heteroatoms. The zero-order valence-electron chi connectivity index (χ0n) is 7.37. The highest BCUT2D eigenvalue weighted by atomic mass is 19.1. The molecule has 0 amide bonds. The minimum absolute atomic E-state index is 0.0675. The van der Waals surface area contributed by atoms with Crippen LogP contribution in [0.25, 0.3) is 5.57 Å². The molecule has 0 bridgehead atoms. The maximum Gasteiger partial charge on any atom is 0.305 e. The molecule has 4 nitrogen and oxygen atoms in total. The van der Waals surface area contributed by atoms with Crippen molar-refractivity contribution in [2.24, 2.45) is 5.73 Å². The van der Waals surface area contributed by atoms with Gasteiger partial charge in [-0.1, -0.05) is 18.7 Å². The van der Waals surface area contributed by atoms with Crippen molar-refractivity contribution in [1.82, 2.24) is 0 Å². The summed E-state index contributed by atoms with van der Waals surface area (Å²) in [4.78, 5) is 9.61. The Labute approximate surface area is 80.0 Å². The summed E-state index contributed by atoms with van der Waals surface area (Å²) in [6.07, 6.45) is 0. The maximum atomic E-state index is 13.4. The molecule has 74 valence electrons. The van der Waals surface area contributed by atoms with E-state index >= 15 is 0 Å². The molecule has 14 heavy (non-hydrogen) atoms. The number of benzene rings is 1. The molecule has 0 atom stereocenters. The molecule has 0 aromatic heterocycles. The van der Waals surface area contributed by atoms with Gasteiger partial charge in [-0.25, -0.2) is 0 Å². The second-order valence-corrected chi connectivity index (χ2v) is 2.70. The molecule has 1 aromatic carbocycles. The van der Waals surface area contributed by atoms with Crippen molar-refractivity contribution in [1.29, 1.82) is 0 Å². The molecule has 0 aliphatic carbocycles. The number of rotatable bonds is 3.